The van der Waals surface area contributed by atoms with Gasteiger partial charge in [0.15, 0.2) is 5.02 Å². The van der Waals surface area contributed by atoms with E-state index in [0.717, 1.165) is 0 Å². The van der Waals surface area contributed by atoms with Gasteiger partial charge in [-0.05, 0) is 11.5 Å². The Morgan fingerprint density at radius 2 is 1.50 bits per heavy atom. The molecule has 0 spiro atoms. The lowest BCUT2D eigenvalue weighted by atomic mass is 10.0. The molecule has 0 N–H and O–H groups in total. The summed E-state index contributed by atoms with van der Waals surface area (Å²) in [5.41, 5.74) is -0.345. The van der Waals surface area contributed by atoms with Crippen molar-refractivity contribution in [2.45, 2.75) is 19.8 Å². The van der Waals surface area contributed by atoms with E-state index in [1.54, 1.807) is 13.8 Å². The largest absolute Gasteiger partial charge is 0.295 e. The number of nitrogens with zero attached hydrogens (tertiary/aromatic N) is 2. The molecular formula is C9H9ClN2O4. The quantitative estimate of drug-likeness (QED) is 0.603. The molecule has 0 atom stereocenters. The van der Waals surface area contributed by atoms with Crippen molar-refractivity contribution in [2.75, 3.05) is 0 Å². The third-order valence-electron chi connectivity index (χ3n) is 2.12. The third-order valence-corrected chi connectivity index (χ3v) is 2.50. The molecule has 0 aliphatic heterocycles. The van der Waals surface area contributed by atoms with Gasteiger partial charge in [0.2, 0.25) is 0 Å². The second-order valence-electron chi connectivity index (χ2n) is 3.54. The summed E-state index contributed by atoms with van der Waals surface area (Å²) < 4.78 is 0. The van der Waals surface area contributed by atoms with Crippen molar-refractivity contribution in [1.82, 2.24) is 0 Å². The Labute approximate surface area is 96.1 Å². The zero-order valence-corrected chi connectivity index (χ0v) is 9.39. The van der Waals surface area contributed by atoms with Crippen molar-refractivity contribution in [3.05, 3.63) is 42.9 Å². The van der Waals surface area contributed by atoms with E-state index in [2.05, 4.69) is 0 Å². The Morgan fingerprint density at radius 3 is 1.75 bits per heavy atom. The lowest BCUT2D eigenvalue weighted by Gasteiger charge is -2.06. The first-order chi connectivity index (χ1) is 7.34. The van der Waals surface area contributed by atoms with Crippen LogP contribution in [-0.4, -0.2) is 9.85 Å². The molecule has 7 heteroatoms. The average Bonchev–Trinajstić information content (AvgIpc) is 2.16. The van der Waals surface area contributed by atoms with Crippen molar-refractivity contribution < 1.29 is 9.85 Å². The number of nitro benzene ring substituents is 2. The van der Waals surface area contributed by atoms with Gasteiger partial charge in [-0.3, -0.25) is 20.2 Å². The van der Waals surface area contributed by atoms with E-state index in [-0.39, 0.29) is 5.92 Å². The number of hydrogen-bond acceptors (Lipinski definition) is 4. The summed E-state index contributed by atoms with van der Waals surface area (Å²) in [6.07, 6.45) is 0. The first kappa shape index (κ1) is 12.4. The zero-order valence-electron chi connectivity index (χ0n) is 8.64. The molecule has 6 nitrogen and oxygen atoms in total. The molecule has 0 saturated carbocycles. The second-order valence-corrected chi connectivity index (χ2v) is 3.92. The van der Waals surface area contributed by atoms with Crippen LogP contribution in [0.25, 0.3) is 0 Å². The van der Waals surface area contributed by atoms with Crippen LogP contribution in [0.5, 0.6) is 0 Å². The third kappa shape index (κ3) is 2.27. The number of hydrogen-bond donors (Lipinski definition) is 0. The predicted molar refractivity (Wildman–Crippen MR) is 58.8 cm³/mol. The van der Waals surface area contributed by atoms with Crippen LogP contribution >= 0.6 is 11.6 Å². The predicted octanol–water partition coefficient (Wildman–Crippen LogP) is 3.28. The lowest BCUT2D eigenvalue weighted by Crippen LogP contribution is -1.98. The molecule has 0 bridgehead atoms. The van der Waals surface area contributed by atoms with E-state index in [1.807, 2.05) is 0 Å². The number of rotatable bonds is 3. The van der Waals surface area contributed by atoms with Gasteiger partial charge in [0, 0.05) is 12.1 Å². The summed E-state index contributed by atoms with van der Waals surface area (Å²) in [5.74, 6) is -0.0466. The molecule has 0 radical (unpaired) electrons. The van der Waals surface area contributed by atoms with E-state index in [4.69, 9.17) is 11.6 Å². The highest BCUT2D eigenvalue weighted by Crippen LogP contribution is 2.36. The Bertz CT molecular complexity index is 424. The van der Waals surface area contributed by atoms with Gasteiger partial charge < -0.3 is 0 Å². The first-order valence-electron chi connectivity index (χ1n) is 4.46. The van der Waals surface area contributed by atoms with Gasteiger partial charge in [-0.25, -0.2) is 0 Å². The lowest BCUT2D eigenvalue weighted by molar-refractivity contribution is -0.394. The molecular weight excluding hydrogens is 236 g/mol. The Morgan fingerprint density at radius 1 is 1.12 bits per heavy atom. The van der Waals surface area contributed by atoms with Crippen LogP contribution in [0.1, 0.15) is 25.3 Å². The van der Waals surface area contributed by atoms with E-state index < -0.39 is 26.2 Å². The standard InChI is InChI=1S/C9H9ClN2O4/c1-5(2)6-3-7(11(13)14)9(10)8(4-6)12(15)16/h3-5H,1-2H3. The van der Waals surface area contributed by atoms with Crippen LogP contribution in [0.3, 0.4) is 0 Å². The number of benzene rings is 1. The fourth-order valence-electron chi connectivity index (χ4n) is 1.21. The summed E-state index contributed by atoms with van der Waals surface area (Å²) in [5, 5.41) is 20.9. The fraction of sp³-hybridized carbons (Fsp3) is 0.333. The maximum atomic E-state index is 10.7. The van der Waals surface area contributed by atoms with Gasteiger partial charge in [0.05, 0.1) is 9.85 Å². The van der Waals surface area contributed by atoms with Gasteiger partial charge in [0.25, 0.3) is 11.4 Å². The zero-order chi connectivity index (χ0) is 12.5. The molecule has 16 heavy (non-hydrogen) atoms. The molecule has 0 fully saturated rings. The molecule has 0 heterocycles. The molecule has 0 aliphatic rings. The van der Waals surface area contributed by atoms with Gasteiger partial charge in [-0.15, -0.1) is 0 Å². The average molecular weight is 245 g/mol. The topological polar surface area (TPSA) is 86.3 Å². The van der Waals surface area contributed by atoms with Crippen LogP contribution in [0.2, 0.25) is 5.02 Å². The van der Waals surface area contributed by atoms with E-state index in [9.17, 15) is 20.2 Å². The molecule has 0 unspecified atom stereocenters. The summed E-state index contributed by atoms with van der Waals surface area (Å²) in [4.78, 5) is 19.9. The molecule has 0 amide bonds. The highest BCUT2D eigenvalue weighted by atomic mass is 35.5. The van der Waals surface area contributed by atoms with Crippen LogP contribution in [-0.2, 0) is 0 Å². The monoisotopic (exact) mass is 244 g/mol. The summed E-state index contributed by atoms with van der Waals surface area (Å²) in [6, 6.07) is 2.53. The normalized spacial score (nSPS) is 10.5. The Hall–Kier alpha value is -1.69. The van der Waals surface area contributed by atoms with E-state index in [0.29, 0.717) is 5.56 Å². The minimum atomic E-state index is -0.721. The van der Waals surface area contributed by atoms with Crippen molar-refractivity contribution >= 4 is 23.0 Å². The Balaban J connectivity index is 3.51. The second kappa shape index (κ2) is 4.44. The number of halogens is 1. The summed E-state index contributed by atoms with van der Waals surface area (Å²) in [7, 11) is 0. The summed E-state index contributed by atoms with van der Waals surface area (Å²) >= 11 is 5.59. The van der Waals surface area contributed by atoms with E-state index in [1.165, 1.54) is 12.1 Å². The van der Waals surface area contributed by atoms with Crippen LogP contribution in [0.15, 0.2) is 12.1 Å². The van der Waals surface area contributed by atoms with Crippen LogP contribution in [0.4, 0.5) is 11.4 Å². The molecule has 1 rings (SSSR count). The molecule has 1 aromatic carbocycles. The van der Waals surface area contributed by atoms with Crippen molar-refractivity contribution in [1.29, 1.82) is 0 Å². The minimum absolute atomic E-state index is 0.0466. The molecule has 0 aliphatic carbocycles. The van der Waals surface area contributed by atoms with Crippen LogP contribution in [0, 0.1) is 20.2 Å². The van der Waals surface area contributed by atoms with Gasteiger partial charge >= 0.3 is 0 Å². The van der Waals surface area contributed by atoms with Crippen molar-refractivity contribution in [2.24, 2.45) is 0 Å². The highest BCUT2D eigenvalue weighted by Gasteiger charge is 2.25. The summed E-state index contributed by atoms with van der Waals surface area (Å²) in [6.45, 7) is 3.58. The fourth-order valence-corrected chi connectivity index (χ4v) is 1.46. The molecule has 1 aromatic rings. The molecule has 0 aromatic heterocycles. The SMILES string of the molecule is CC(C)c1cc([N+](=O)[O-])c(Cl)c([N+](=O)[O-])c1. The first-order valence-corrected chi connectivity index (χ1v) is 4.84. The van der Waals surface area contributed by atoms with Crippen molar-refractivity contribution in [3.63, 3.8) is 0 Å². The number of nitro groups is 2. The van der Waals surface area contributed by atoms with Gasteiger partial charge in [-0.2, -0.15) is 0 Å². The minimum Gasteiger partial charge on any atom is -0.258 e. The molecule has 86 valence electrons. The van der Waals surface area contributed by atoms with Crippen molar-refractivity contribution in [3.8, 4) is 0 Å². The maximum Gasteiger partial charge on any atom is 0.295 e. The smallest absolute Gasteiger partial charge is 0.258 e. The van der Waals surface area contributed by atoms with Gasteiger partial charge in [0.1, 0.15) is 0 Å². The highest BCUT2D eigenvalue weighted by molar-refractivity contribution is 6.34. The van der Waals surface area contributed by atoms with Crippen LogP contribution < -0.4 is 0 Å². The Kier molecular flexibility index (Phi) is 3.44. The van der Waals surface area contributed by atoms with E-state index >= 15 is 0 Å². The molecule has 0 saturated heterocycles. The maximum absolute atomic E-state index is 10.7. The van der Waals surface area contributed by atoms with Gasteiger partial charge in [-0.1, -0.05) is 25.4 Å².